The van der Waals surface area contributed by atoms with Crippen LogP contribution in [0.1, 0.15) is 46.0 Å². The highest BCUT2D eigenvalue weighted by atomic mass is 16.6. The molecule has 22 heavy (non-hydrogen) atoms. The van der Waals surface area contributed by atoms with E-state index in [1.807, 2.05) is 0 Å². The Labute approximate surface area is 130 Å². The molecule has 0 heterocycles. The molecule has 0 aromatic heterocycles. The maximum atomic E-state index is 12.1. The molecule has 1 saturated carbocycles. The number of hydrogen-bond acceptors (Lipinski definition) is 6. The van der Waals surface area contributed by atoms with Gasteiger partial charge in [-0.25, -0.2) is 9.59 Å². The normalized spacial score (nSPS) is 15.7. The van der Waals surface area contributed by atoms with Crippen LogP contribution in [0.2, 0.25) is 0 Å². The van der Waals surface area contributed by atoms with Crippen LogP contribution in [-0.2, 0) is 28.6 Å². The number of hydrogen-bond donors (Lipinski definition) is 0. The Morgan fingerprint density at radius 2 is 1.68 bits per heavy atom. The zero-order valence-electron chi connectivity index (χ0n) is 13.3. The van der Waals surface area contributed by atoms with Crippen LogP contribution in [0.4, 0.5) is 0 Å². The van der Waals surface area contributed by atoms with Crippen molar-refractivity contribution in [1.82, 2.24) is 0 Å². The van der Waals surface area contributed by atoms with Gasteiger partial charge in [0.15, 0.2) is 0 Å². The van der Waals surface area contributed by atoms with Crippen molar-refractivity contribution in [2.45, 2.75) is 51.6 Å². The summed E-state index contributed by atoms with van der Waals surface area (Å²) in [5, 5.41) is 0. The third kappa shape index (κ3) is 5.87. The Morgan fingerprint density at radius 1 is 1.09 bits per heavy atom. The van der Waals surface area contributed by atoms with Crippen molar-refractivity contribution in [2.75, 3.05) is 13.2 Å². The van der Waals surface area contributed by atoms with Crippen molar-refractivity contribution in [3.8, 4) is 0 Å². The minimum atomic E-state index is -1.35. The van der Waals surface area contributed by atoms with Crippen LogP contribution < -0.4 is 0 Å². The highest BCUT2D eigenvalue weighted by molar-refractivity contribution is 5.83. The molecule has 124 valence electrons. The van der Waals surface area contributed by atoms with Crippen LogP contribution in [-0.4, -0.2) is 36.7 Å². The van der Waals surface area contributed by atoms with Crippen molar-refractivity contribution in [1.29, 1.82) is 0 Å². The molecule has 0 unspecified atom stereocenters. The van der Waals surface area contributed by atoms with Gasteiger partial charge in [-0.05, 0) is 26.7 Å². The third-order valence-corrected chi connectivity index (χ3v) is 3.51. The second kappa shape index (κ2) is 8.56. The van der Waals surface area contributed by atoms with Gasteiger partial charge >= 0.3 is 17.9 Å². The highest BCUT2D eigenvalue weighted by Crippen LogP contribution is 2.26. The number of carbonyl (C=O) groups is 3. The van der Waals surface area contributed by atoms with E-state index in [1.165, 1.54) is 13.8 Å². The van der Waals surface area contributed by atoms with E-state index < -0.39 is 17.5 Å². The van der Waals surface area contributed by atoms with Crippen molar-refractivity contribution in [3.63, 3.8) is 0 Å². The number of carbonyl (C=O) groups excluding carboxylic acids is 3. The summed E-state index contributed by atoms with van der Waals surface area (Å²) in [5.41, 5.74) is -1.35. The predicted molar refractivity (Wildman–Crippen MR) is 78.9 cm³/mol. The van der Waals surface area contributed by atoms with Gasteiger partial charge in [-0.15, -0.1) is 0 Å². The SMILES string of the molecule is C=CC(=O)OCCOC(=O)C(C)(C)OC(=O)C1CCCCC1. The zero-order chi connectivity index (χ0) is 16.6. The Hall–Kier alpha value is -1.85. The van der Waals surface area contributed by atoms with Crippen LogP contribution in [0.25, 0.3) is 0 Å². The molecule has 1 rings (SSSR count). The summed E-state index contributed by atoms with van der Waals surface area (Å²) in [5.74, 6) is -1.72. The second-order valence-corrected chi connectivity index (χ2v) is 5.77. The van der Waals surface area contributed by atoms with E-state index in [9.17, 15) is 14.4 Å². The first-order chi connectivity index (χ1) is 10.4. The molecule has 0 aliphatic heterocycles. The molecule has 0 amide bonds. The summed E-state index contributed by atoms with van der Waals surface area (Å²) in [6, 6.07) is 0. The summed E-state index contributed by atoms with van der Waals surface area (Å²) in [6.45, 7) is 6.07. The Bertz CT molecular complexity index is 420. The van der Waals surface area contributed by atoms with Crippen molar-refractivity contribution >= 4 is 17.9 Å². The summed E-state index contributed by atoms with van der Waals surface area (Å²) in [6.07, 6.45) is 5.80. The van der Waals surface area contributed by atoms with E-state index in [2.05, 4.69) is 11.3 Å². The van der Waals surface area contributed by atoms with Crippen molar-refractivity contribution < 1.29 is 28.6 Å². The van der Waals surface area contributed by atoms with Crippen LogP contribution in [0.3, 0.4) is 0 Å². The summed E-state index contributed by atoms with van der Waals surface area (Å²) in [4.78, 5) is 34.8. The maximum Gasteiger partial charge on any atom is 0.350 e. The van der Waals surface area contributed by atoms with Gasteiger partial charge in [-0.3, -0.25) is 4.79 Å². The average molecular weight is 312 g/mol. The van der Waals surface area contributed by atoms with Gasteiger partial charge in [0.2, 0.25) is 5.60 Å². The third-order valence-electron chi connectivity index (χ3n) is 3.51. The van der Waals surface area contributed by atoms with Crippen LogP contribution in [0.5, 0.6) is 0 Å². The van der Waals surface area contributed by atoms with Gasteiger partial charge in [-0.2, -0.15) is 0 Å². The fourth-order valence-electron chi connectivity index (χ4n) is 2.22. The second-order valence-electron chi connectivity index (χ2n) is 5.77. The molecule has 0 aromatic rings. The minimum Gasteiger partial charge on any atom is -0.459 e. The van der Waals surface area contributed by atoms with Crippen LogP contribution in [0, 0.1) is 5.92 Å². The van der Waals surface area contributed by atoms with Gasteiger partial charge in [0, 0.05) is 6.08 Å². The Kier molecular flexibility index (Phi) is 7.08. The van der Waals surface area contributed by atoms with E-state index >= 15 is 0 Å². The Morgan fingerprint density at radius 3 is 2.27 bits per heavy atom. The minimum absolute atomic E-state index is 0.0662. The van der Waals surface area contributed by atoms with Crippen molar-refractivity contribution in [3.05, 3.63) is 12.7 Å². The average Bonchev–Trinajstić information content (AvgIpc) is 2.51. The molecule has 6 heteroatoms. The number of rotatable bonds is 7. The van der Waals surface area contributed by atoms with Gasteiger partial charge in [0.1, 0.15) is 13.2 Å². The molecular formula is C16H24O6. The first-order valence-corrected chi connectivity index (χ1v) is 7.56. The fraction of sp³-hybridized carbons (Fsp3) is 0.688. The first kappa shape index (κ1) is 18.2. The fourth-order valence-corrected chi connectivity index (χ4v) is 2.22. The van der Waals surface area contributed by atoms with Gasteiger partial charge in [0.25, 0.3) is 0 Å². The first-order valence-electron chi connectivity index (χ1n) is 7.56. The molecule has 1 aliphatic carbocycles. The lowest BCUT2D eigenvalue weighted by Crippen LogP contribution is -2.41. The lowest BCUT2D eigenvalue weighted by atomic mass is 9.89. The number of esters is 3. The maximum absolute atomic E-state index is 12.1. The molecule has 0 saturated heterocycles. The van der Waals surface area contributed by atoms with Crippen molar-refractivity contribution in [2.24, 2.45) is 5.92 Å². The van der Waals surface area contributed by atoms with E-state index in [0.717, 1.165) is 38.2 Å². The van der Waals surface area contributed by atoms with E-state index in [1.54, 1.807) is 0 Å². The summed E-state index contributed by atoms with van der Waals surface area (Å²) in [7, 11) is 0. The topological polar surface area (TPSA) is 78.9 Å². The predicted octanol–water partition coefficient (Wildman–Crippen LogP) is 2.16. The van der Waals surface area contributed by atoms with E-state index in [4.69, 9.17) is 9.47 Å². The molecule has 1 fully saturated rings. The quantitative estimate of drug-likeness (QED) is 0.310. The monoisotopic (exact) mass is 312 g/mol. The molecule has 0 N–H and O–H groups in total. The lowest BCUT2D eigenvalue weighted by molar-refractivity contribution is -0.182. The molecule has 0 radical (unpaired) electrons. The van der Waals surface area contributed by atoms with Gasteiger partial charge in [0.05, 0.1) is 5.92 Å². The molecular weight excluding hydrogens is 288 g/mol. The van der Waals surface area contributed by atoms with E-state index in [0.29, 0.717) is 0 Å². The molecule has 0 aromatic carbocycles. The Balaban J connectivity index is 2.36. The molecule has 6 nitrogen and oxygen atoms in total. The molecule has 1 aliphatic rings. The van der Waals surface area contributed by atoms with Gasteiger partial charge < -0.3 is 14.2 Å². The van der Waals surface area contributed by atoms with E-state index in [-0.39, 0.29) is 25.1 Å². The van der Waals surface area contributed by atoms with Gasteiger partial charge in [-0.1, -0.05) is 25.8 Å². The molecule has 0 spiro atoms. The standard InChI is InChI=1S/C16H24O6/c1-4-13(17)20-10-11-21-15(19)16(2,3)22-14(18)12-8-6-5-7-9-12/h4,12H,1,5-11H2,2-3H3. The highest BCUT2D eigenvalue weighted by Gasteiger charge is 2.36. The zero-order valence-corrected chi connectivity index (χ0v) is 13.3. The lowest BCUT2D eigenvalue weighted by Gasteiger charge is -2.27. The number of ether oxygens (including phenoxy) is 3. The van der Waals surface area contributed by atoms with Crippen LogP contribution in [0.15, 0.2) is 12.7 Å². The molecule has 0 bridgehead atoms. The smallest absolute Gasteiger partial charge is 0.350 e. The van der Waals surface area contributed by atoms with Crippen LogP contribution >= 0.6 is 0 Å². The largest absolute Gasteiger partial charge is 0.459 e. The molecule has 0 atom stereocenters. The summed E-state index contributed by atoms with van der Waals surface area (Å²) < 4.78 is 15.0. The summed E-state index contributed by atoms with van der Waals surface area (Å²) >= 11 is 0.